The smallest absolute Gasteiger partial charge is 0.300 e. The average Bonchev–Trinajstić information content (AvgIpc) is 3.00. The zero-order valence-electron chi connectivity index (χ0n) is 15.0. The second kappa shape index (κ2) is 7.53. The number of aliphatic hydroxyl groups excluding tert-OH is 1. The fraction of sp³-hybridized carbons (Fsp3) is 0.0435. The lowest BCUT2D eigenvalue weighted by Crippen LogP contribution is -2.29. The molecule has 1 unspecified atom stereocenters. The molecular weight excluding hydrogens is 393 g/mol. The molecule has 1 heterocycles. The van der Waals surface area contributed by atoms with Crippen molar-refractivity contribution >= 4 is 34.7 Å². The summed E-state index contributed by atoms with van der Waals surface area (Å²) in [6.45, 7) is 0. The van der Waals surface area contributed by atoms with Gasteiger partial charge in [-0.1, -0.05) is 60.1 Å². The summed E-state index contributed by atoms with van der Waals surface area (Å²) in [6.07, 6.45) is 0. The third-order valence-corrected chi connectivity index (χ3v) is 5.14. The number of hydrogen-bond donors (Lipinski definition) is 1. The van der Waals surface area contributed by atoms with E-state index in [0.717, 1.165) is 0 Å². The van der Waals surface area contributed by atoms with Crippen molar-refractivity contribution in [3.63, 3.8) is 0 Å². The predicted molar refractivity (Wildman–Crippen MR) is 109 cm³/mol. The van der Waals surface area contributed by atoms with Gasteiger partial charge in [0.2, 0.25) is 0 Å². The Bertz CT molecular complexity index is 1130. The van der Waals surface area contributed by atoms with E-state index in [-0.39, 0.29) is 11.3 Å². The fourth-order valence-corrected chi connectivity index (χ4v) is 3.68. The van der Waals surface area contributed by atoms with Crippen LogP contribution in [0.3, 0.4) is 0 Å². The molecule has 4 nitrogen and oxygen atoms in total. The molecule has 1 atom stereocenters. The molecule has 0 saturated carbocycles. The molecule has 1 aliphatic rings. The van der Waals surface area contributed by atoms with Gasteiger partial charge in [-0.25, -0.2) is 4.39 Å². The molecule has 0 bridgehead atoms. The Labute approximate surface area is 171 Å². The van der Waals surface area contributed by atoms with E-state index < -0.39 is 23.5 Å². The van der Waals surface area contributed by atoms with Crippen LogP contribution in [0.2, 0.25) is 5.02 Å². The highest BCUT2D eigenvalue weighted by Gasteiger charge is 2.47. The van der Waals surface area contributed by atoms with Gasteiger partial charge in [-0.05, 0) is 35.9 Å². The van der Waals surface area contributed by atoms with Gasteiger partial charge in [0.25, 0.3) is 11.7 Å². The van der Waals surface area contributed by atoms with Crippen molar-refractivity contribution in [1.82, 2.24) is 0 Å². The highest BCUT2D eigenvalue weighted by atomic mass is 35.5. The second-order valence-corrected chi connectivity index (χ2v) is 6.94. The summed E-state index contributed by atoms with van der Waals surface area (Å²) in [7, 11) is 0. The second-order valence-electron chi connectivity index (χ2n) is 6.53. The van der Waals surface area contributed by atoms with Crippen LogP contribution in [0.5, 0.6) is 0 Å². The van der Waals surface area contributed by atoms with Gasteiger partial charge >= 0.3 is 0 Å². The summed E-state index contributed by atoms with van der Waals surface area (Å²) in [5, 5.41) is 11.3. The van der Waals surface area contributed by atoms with E-state index >= 15 is 0 Å². The fourth-order valence-electron chi connectivity index (χ4n) is 3.44. The van der Waals surface area contributed by atoms with Gasteiger partial charge in [0.15, 0.2) is 0 Å². The van der Waals surface area contributed by atoms with Crippen molar-refractivity contribution in [2.75, 3.05) is 4.90 Å². The van der Waals surface area contributed by atoms with Crippen LogP contribution in [0.25, 0.3) is 5.76 Å². The van der Waals surface area contributed by atoms with Crippen molar-refractivity contribution in [2.24, 2.45) is 0 Å². The summed E-state index contributed by atoms with van der Waals surface area (Å²) in [6, 6.07) is 19.6. The van der Waals surface area contributed by atoms with Crippen LogP contribution in [-0.4, -0.2) is 16.8 Å². The minimum Gasteiger partial charge on any atom is -0.507 e. The van der Waals surface area contributed by atoms with Crippen LogP contribution < -0.4 is 4.90 Å². The highest BCUT2D eigenvalue weighted by Crippen LogP contribution is 2.44. The average molecular weight is 408 g/mol. The largest absolute Gasteiger partial charge is 0.507 e. The van der Waals surface area contributed by atoms with Crippen molar-refractivity contribution in [3.8, 4) is 0 Å². The lowest BCUT2D eigenvalue weighted by atomic mass is 9.95. The summed E-state index contributed by atoms with van der Waals surface area (Å²) >= 11 is 6.38. The van der Waals surface area contributed by atoms with Gasteiger partial charge in [0, 0.05) is 16.3 Å². The van der Waals surface area contributed by atoms with E-state index in [9.17, 15) is 19.1 Å². The lowest BCUT2D eigenvalue weighted by Gasteiger charge is -2.26. The van der Waals surface area contributed by atoms with Gasteiger partial charge < -0.3 is 5.11 Å². The Morgan fingerprint density at radius 2 is 1.52 bits per heavy atom. The molecule has 3 aromatic carbocycles. The summed E-state index contributed by atoms with van der Waals surface area (Å²) in [4.78, 5) is 27.1. The Morgan fingerprint density at radius 3 is 2.17 bits per heavy atom. The van der Waals surface area contributed by atoms with E-state index in [4.69, 9.17) is 11.6 Å². The monoisotopic (exact) mass is 407 g/mol. The van der Waals surface area contributed by atoms with Gasteiger partial charge in [-0.3, -0.25) is 14.5 Å². The molecule has 144 valence electrons. The van der Waals surface area contributed by atoms with Gasteiger partial charge in [0.05, 0.1) is 11.6 Å². The summed E-state index contributed by atoms with van der Waals surface area (Å²) in [5.74, 6) is -2.41. The van der Waals surface area contributed by atoms with E-state index in [1.807, 2.05) is 0 Å². The highest BCUT2D eigenvalue weighted by molar-refractivity contribution is 6.52. The quantitative estimate of drug-likeness (QED) is 0.373. The Kier molecular flexibility index (Phi) is 4.91. The van der Waals surface area contributed by atoms with E-state index in [1.165, 1.54) is 29.2 Å². The van der Waals surface area contributed by atoms with E-state index in [0.29, 0.717) is 21.8 Å². The molecule has 1 amide bonds. The standard InChI is InChI=1S/C23H15ClFNO3/c24-18-9-5-4-8-17(18)20-19(21(27)14-6-2-1-3-7-14)22(28)23(29)26(20)16-12-10-15(25)11-13-16/h1-13,20,27H. The molecule has 29 heavy (non-hydrogen) atoms. The first-order valence-corrected chi connectivity index (χ1v) is 9.23. The molecule has 1 aliphatic heterocycles. The number of aliphatic hydroxyl groups is 1. The number of carbonyl (C=O) groups excluding carboxylic acids is 2. The van der Waals surface area contributed by atoms with Gasteiger partial charge in [0.1, 0.15) is 11.6 Å². The maximum atomic E-state index is 13.4. The molecule has 1 fully saturated rings. The number of benzene rings is 3. The van der Waals surface area contributed by atoms with Crippen LogP contribution >= 0.6 is 11.6 Å². The molecule has 0 spiro atoms. The lowest BCUT2D eigenvalue weighted by molar-refractivity contribution is -0.132. The first kappa shape index (κ1) is 18.9. The number of nitrogens with zero attached hydrogens (tertiary/aromatic N) is 1. The number of ketones is 1. The van der Waals surface area contributed by atoms with Gasteiger partial charge in [-0.15, -0.1) is 0 Å². The van der Waals surface area contributed by atoms with E-state index in [1.54, 1.807) is 54.6 Å². The summed E-state index contributed by atoms with van der Waals surface area (Å²) in [5.41, 5.74) is 1.14. The Morgan fingerprint density at radius 1 is 0.897 bits per heavy atom. The minimum absolute atomic E-state index is 0.0707. The van der Waals surface area contributed by atoms with Crippen LogP contribution in [0.1, 0.15) is 17.2 Å². The van der Waals surface area contributed by atoms with Crippen LogP contribution in [0, 0.1) is 5.82 Å². The zero-order valence-corrected chi connectivity index (χ0v) is 15.8. The maximum Gasteiger partial charge on any atom is 0.300 e. The molecule has 0 radical (unpaired) electrons. The number of amides is 1. The number of carbonyl (C=O) groups is 2. The van der Waals surface area contributed by atoms with Crippen molar-refractivity contribution < 1.29 is 19.1 Å². The number of hydrogen-bond acceptors (Lipinski definition) is 3. The van der Waals surface area contributed by atoms with Crippen molar-refractivity contribution in [3.05, 3.63) is 106 Å². The normalized spacial score (nSPS) is 18.3. The topological polar surface area (TPSA) is 57.6 Å². The van der Waals surface area contributed by atoms with Crippen molar-refractivity contribution in [1.29, 1.82) is 0 Å². The number of halogens is 2. The SMILES string of the molecule is O=C1C(=O)N(c2ccc(F)cc2)C(c2ccccc2Cl)C1=C(O)c1ccccc1. The predicted octanol–water partition coefficient (Wildman–Crippen LogP) is 5.11. The number of rotatable bonds is 3. The van der Waals surface area contributed by atoms with Gasteiger partial charge in [-0.2, -0.15) is 0 Å². The summed E-state index contributed by atoms with van der Waals surface area (Å²) < 4.78 is 13.4. The number of Topliss-reactive ketones (excluding diaryl/α,β-unsaturated/α-hetero) is 1. The minimum atomic E-state index is -0.950. The molecule has 3 aromatic rings. The third kappa shape index (κ3) is 3.30. The molecule has 6 heteroatoms. The molecule has 0 aromatic heterocycles. The Balaban J connectivity index is 1.97. The molecule has 1 saturated heterocycles. The zero-order chi connectivity index (χ0) is 20.5. The molecule has 0 aliphatic carbocycles. The number of anilines is 1. The first-order valence-electron chi connectivity index (χ1n) is 8.85. The van der Waals surface area contributed by atoms with Crippen LogP contribution in [-0.2, 0) is 9.59 Å². The van der Waals surface area contributed by atoms with E-state index in [2.05, 4.69) is 0 Å². The third-order valence-electron chi connectivity index (χ3n) is 4.80. The molecule has 1 N–H and O–H groups in total. The van der Waals surface area contributed by atoms with Crippen molar-refractivity contribution in [2.45, 2.75) is 6.04 Å². The first-order chi connectivity index (χ1) is 14.0. The van der Waals surface area contributed by atoms with Crippen LogP contribution in [0.15, 0.2) is 84.4 Å². The molecule has 4 rings (SSSR count). The maximum absolute atomic E-state index is 13.4. The Hall–Kier alpha value is -3.44. The van der Waals surface area contributed by atoms with Crippen LogP contribution in [0.4, 0.5) is 10.1 Å². The molecular formula is C23H15ClFNO3.